The molecule has 1 aromatic heterocycles. The van der Waals surface area contributed by atoms with Gasteiger partial charge in [-0.1, -0.05) is 12.1 Å². The Labute approximate surface area is 104 Å². The number of nitrogens with zero attached hydrogens (tertiary/aromatic N) is 2. The number of hydrogen-bond donors (Lipinski definition) is 4. The summed E-state index contributed by atoms with van der Waals surface area (Å²) in [6.45, 7) is 0.140. The summed E-state index contributed by atoms with van der Waals surface area (Å²) >= 11 is 0. The van der Waals surface area contributed by atoms with Gasteiger partial charge in [0, 0.05) is 12.4 Å². The molecule has 7 heteroatoms. The van der Waals surface area contributed by atoms with Crippen LogP contribution in [0.3, 0.4) is 0 Å². The molecule has 0 fully saturated rings. The zero-order chi connectivity index (χ0) is 13.0. The SMILES string of the molecule is CNC(=O)CNc1nc(NN)nc2ccccc12. The quantitative estimate of drug-likeness (QED) is 0.449. The second-order valence-electron chi connectivity index (χ2n) is 3.58. The summed E-state index contributed by atoms with van der Waals surface area (Å²) in [6.07, 6.45) is 0. The van der Waals surface area contributed by atoms with E-state index in [4.69, 9.17) is 5.84 Å². The molecule has 0 aliphatic heterocycles. The molecule has 94 valence electrons. The molecule has 0 aliphatic rings. The third kappa shape index (κ3) is 2.46. The summed E-state index contributed by atoms with van der Waals surface area (Å²) in [5.74, 6) is 6.05. The van der Waals surface area contributed by atoms with Gasteiger partial charge in [-0.3, -0.25) is 10.2 Å². The minimum atomic E-state index is -0.125. The lowest BCUT2D eigenvalue weighted by Crippen LogP contribution is -2.26. The molecule has 0 spiro atoms. The Hall–Kier alpha value is -2.41. The Balaban J connectivity index is 2.37. The van der Waals surface area contributed by atoms with E-state index in [-0.39, 0.29) is 12.5 Å². The summed E-state index contributed by atoms with van der Waals surface area (Å²) in [4.78, 5) is 19.6. The average molecular weight is 246 g/mol. The molecule has 7 nitrogen and oxygen atoms in total. The number of amides is 1. The number of anilines is 2. The smallest absolute Gasteiger partial charge is 0.239 e. The van der Waals surface area contributed by atoms with Crippen LogP contribution in [0.5, 0.6) is 0 Å². The number of nitrogen functional groups attached to an aromatic ring is 1. The van der Waals surface area contributed by atoms with Gasteiger partial charge >= 0.3 is 0 Å². The van der Waals surface area contributed by atoms with Gasteiger partial charge < -0.3 is 10.6 Å². The first-order valence-corrected chi connectivity index (χ1v) is 5.42. The lowest BCUT2D eigenvalue weighted by Gasteiger charge is -2.09. The van der Waals surface area contributed by atoms with E-state index in [0.717, 1.165) is 10.9 Å². The molecule has 5 N–H and O–H groups in total. The van der Waals surface area contributed by atoms with E-state index in [1.165, 1.54) is 0 Å². The van der Waals surface area contributed by atoms with E-state index < -0.39 is 0 Å². The highest BCUT2D eigenvalue weighted by Gasteiger charge is 2.07. The molecule has 0 saturated carbocycles. The zero-order valence-corrected chi connectivity index (χ0v) is 9.90. The van der Waals surface area contributed by atoms with Crippen molar-refractivity contribution < 1.29 is 4.79 Å². The summed E-state index contributed by atoms with van der Waals surface area (Å²) < 4.78 is 0. The van der Waals surface area contributed by atoms with Crippen LogP contribution in [-0.4, -0.2) is 29.5 Å². The fourth-order valence-electron chi connectivity index (χ4n) is 1.53. The van der Waals surface area contributed by atoms with Crippen LogP contribution in [0.1, 0.15) is 0 Å². The topological polar surface area (TPSA) is 105 Å². The van der Waals surface area contributed by atoms with Gasteiger partial charge in [-0.05, 0) is 12.1 Å². The van der Waals surface area contributed by atoms with Crippen LogP contribution in [0.15, 0.2) is 24.3 Å². The van der Waals surface area contributed by atoms with Gasteiger partial charge in [-0.15, -0.1) is 0 Å². The van der Waals surface area contributed by atoms with Crippen LogP contribution in [0.2, 0.25) is 0 Å². The summed E-state index contributed by atoms with van der Waals surface area (Å²) in [5.41, 5.74) is 3.15. The number of rotatable bonds is 4. The molecule has 1 heterocycles. The fourth-order valence-corrected chi connectivity index (χ4v) is 1.53. The Morgan fingerprint density at radius 3 is 2.83 bits per heavy atom. The van der Waals surface area contributed by atoms with Crippen LogP contribution < -0.4 is 21.9 Å². The number of nitrogens with two attached hydrogens (primary N) is 1. The number of fused-ring (bicyclic) bond motifs is 1. The Morgan fingerprint density at radius 2 is 2.11 bits per heavy atom. The molecule has 0 atom stereocenters. The van der Waals surface area contributed by atoms with E-state index in [0.29, 0.717) is 11.8 Å². The predicted molar refractivity (Wildman–Crippen MR) is 69.9 cm³/mol. The molecule has 0 saturated heterocycles. The van der Waals surface area contributed by atoms with Crippen molar-refractivity contribution >= 4 is 28.6 Å². The Kier molecular flexibility index (Phi) is 3.54. The van der Waals surface area contributed by atoms with Gasteiger partial charge in [-0.25, -0.2) is 10.8 Å². The number of nitrogens with one attached hydrogen (secondary N) is 3. The van der Waals surface area contributed by atoms with Gasteiger partial charge in [-0.2, -0.15) is 4.98 Å². The van der Waals surface area contributed by atoms with Crippen LogP contribution >= 0.6 is 0 Å². The van der Waals surface area contributed by atoms with E-state index >= 15 is 0 Å². The molecule has 1 amide bonds. The highest BCUT2D eigenvalue weighted by atomic mass is 16.1. The van der Waals surface area contributed by atoms with Crippen LogP contribution in [0, 0.1) is 0 Å². The maximum absolute atomic E-state index is 11.2. The van der Waals surface area contributed by atoms with Crippen molar-refractivity contribution in [1.29, 1.82) is 0 Å². The zero-order valence-electron chi connectivity index (χ0n) is 9.90. The summed E-state index contributed by atoms with van der Waals surface area (Å²) in [7, 11) is 1.58. The van der Waals surface area contributed by atoms with Crippen LogP contribution in [0.4, 0.5) is 11.8 Å². The lowest BCUT2D eigenvalue weighted by atomic mass is 10.2. The minimum absolute atomic E-state index is 0.125. The number of hydrogen-bond acceptors (Lipinski definition) is 6. The first kappa shape index (κ1) is 12.1. The molecule has 0 radical (unpaired) electrons. The van der Waals surface area contributed by atoms with Crippen molar-refractivity contribution in [1.82, 2.24) is 15.3 Å². The van der Waals surface area contributed by atoms with E-state index in [1.807, 2.05) is 24.3 Å². The molecular formula is C11H14N6O. The number of hydrazine groups is 1. The number of carbonyl (C=O) groups is 1. The van der Waals surface area contributed by atoms with Crippen molar-refractivity contribution in [3.63, 3.8) is 0 Å². The normalized spacial score (nSPS) is 10.1. The number of aromatic nitrogens is 2. The first-order valence-electron chi connectivity index (χ1n) is 5.42. The van der Waals surface area contributed by atoms with Crippen molar-refractivity contribution in [2.45, 2.75) is 0 Å². The molecule has 2 rings (SSSR count). The average Bonchev–Trinajstić information content (AvgIpc) is 2.43. The van der Waals surface area contributed by atoms with Gasteiger partial charge in [0.05, 0.1) is 12.1 Å². The van der Waals surface area contributed by atoms with Gasteiger partial charge in [0.1, 0.15) is 5.82 Å². The lowest BCUT2D eigenvalue weighted by molar-refractivity contribution is -0.118. The number of likely N-dealkylation sites (N-methyl/N-ethyl adjacent to an activating group) is 1. The Morgan fingerprint density at radius 1 is 1.33 bits per heavy atom. The monoisotopic (exact) mass is 246 g/mol. The van der Waals surface area contributed by atoms with Crippen molar-refractivity contribution in [3.05, 3.63) is 24.3 Å². The molecule has 1 aromatic carbocycles. The molecule has 0 bridgehead atoms. The molecule has 2 aromatic rings. The molecule has 0 unspecified atom stereocenters. The standard InChI is InChI=1S/C11H14N6O/c1-13-9(18)6-14-10-7-4-2-3-5-8(7)15-11(16-10)17-12/h2-5H,6,12H2,1H3,(H,13,18)(H2,14,15,16,17). The summed E-state index contributed by atoms with van der Waals surface area (Å²) in [5, 5.41) is 6.31. The van der Waals surface area contributed by atoms with Crippen molar-refractivity contribution in [3.8, 4) is 0 Å². The van der Waals surface area contributed by atoms with Gasteiger partial charge in [0.2, 0.25) is 11.9 Å². The third-order valence-electron chi connectivity index (χ3n) is 2.43. The maximum atomic E-state index is 11.2. The highest BCUT2D eigenvalue weighted by Crippen LogP contribution is 2.20. The number of para-hydroxylation sites is 1. The largest absolute Gasteiger partial charge is 0.360 e. The van der Waals surface area contributed by atoms with E-state index in [2.05, 4.69) is 26.0 Å². The van der Waals surface area contributed by atoms with Crippen molar-refractivity contribution in [2.24, 2.45) is 5.84 Å². The number of carbonyl (C=O) groups excluding carboxylic acids is 1. The van der Waals surface area contributed by atoms with E-state index in [1.54, 1.807) is 7.05 Å². The third-order valence-corrected chi connectivity index (χ3v) is 2.43. The molecular weight excluding hydrogens is 232 g/mol. The van der Waals surface area contributed by atoms with Gasteiger partial charge in [0.25, 0.3) is 0 Å². The van der Waals surface area contributed by atoms with Crippen LogP contribution in [-0.2, 0) is 4.79 Å². The number of benzene rings is 1. The first-order chi connectivity index (χ1) is 8.74. The summed E-state index contributed by atoms with van der Waals surface area (Å²) in [6, 6.07) is 7.48. The van der Waals surface area contributed by atoms with Crippen LogP contribution in [0.25, 0.3) is 10.9 Å². The maximum Gasteiger partial charge on any atom is 0.239 e. The predicted octanol–water partition coefficient (Wildman–Crippen LogP) is 0.0733. The Bertz CT molecular complexity index is 570. The second-order valence-corrected chi connectivity index (χ2v) is 3.58. The second kappa shape index (κ2) is 5.28. The highest BCUT2D eigenvalue weighted by molar-refractivity contribution is 5.91. The van der Waals surface area contributed by atoms with Crippen molar-refractivity contribution in [2.75, 3.05) is 24.3 Å². The fraction of sp³-hybridized carbons (Fsp3) is 0.182. The van der Waals surface area contributed by atoms with Gasteiger partial charge in [0.15, 0.2) is 0 Å². The molecule has 18 heavy (non-hydrogen) atoms. The minimum Gasteiger partial charge on any atom is -0.360 e. The molecule has 0 aliphatic carbocycles. The van der Waals surface area contributed by atoms with E-state index in [9.17, 15) is 4.79 Å².